The highest BCUT2D eigenvalue weighted by atomic mass is 15.1. The zero-order valence-corrected chi connectivity index (χ0v) is 20.1. The minimum absolute atomic E-state index is 0.214. The van der Waals surface area contributed by atoms with E-state index in [2.05, 4.69) is 108 Å². The van der Waals surface area contributed by atoms with Gasteiger partial charge >= 0.3 is 0 Å². The van der Waals surface area contributed by atoms with Crippen molar-refractivity contribution in [3.63, 3.8) is 0 Å². The van der Waals surface area contributed by atoms with Crippen LogP contribution < -0.4 is 0 Å². The molecular weight excluding hydrogens is 362 g/mol. The van der Waals surface area contributed by atoms with Crippen LogP contribution in [0.15, 0.2) is 48.5 Å². The van der Waals surface area contributed by atoms with Gasteiger partial charge in [-0.1, -0.05) is 90.1 Å². The summed E-state index contributed by atoms with van der Waals surface area (Å²) in [5.74, 6) is 2.26. The van der Waals surface area contributed by atoms with Gasteiger partial charge in [-0.05, 0) is 35.7 Å². The summed E-state index contributed by atoms with van der Waals surface area (Å²) >= 11 is 0. The fourth-order valence-electron chi connectivity index (χ4n) is 6.42. The molecule has 1 saturated carbocycles. The third-order valence-electron chi connectivity index (χ3n) is 8.40. The van der Waals surface area contributed by atoms with Crippen LogP contribution in [-0.2, 0) is 0 Å². The highest BCUT2D eigenvalue weighted by molar-refractivity contribution is 5.69. The summed E-state index contributed by atoms with van der Waals surface area (Å²) in [4.78, 5) is 0. The van der Waals surface area contributed by atoms with Gasteiger partial charge in [0.2, 0.25) is 5.69 Å². The van der Waals surface area contributed by atoms with Gasteiger partial charge in [0, 0.05) is 30.9 Å². The van der Waals surface area contributed by atoms with Crippen molar-refractivity contribution in [3.05, 3.63) is 65.2 Å². The van der Waals surface area contributed by atoms with Crippen molar-refractivity contribution in [2.24, 2.45) is 11.3 Å². The molecule has 0 spiro atoms. The number of para-hydroxylation sites is 1. The molecule has 0 aromatic heterocycles. The predicted octanol–water partition coefficient (Wildman–Crippen LogP) is 8.03. The largest absolute Gasteiger partial charge is 0.212 e. The molecular formula is C29H40N+. The summed E-state index contributed by atoms with van der Waals surface area (Å²) < 4.78 is 2.75. The maximum absolute atomic E-state index is 2.75. The van der Waals surface area contributed by atoms with E-state index in [1.165, 1.54) is 41.6 Å². The molecule has 1 fully saturated rings. The second kappa shape index (κ2) is 7.66. The zero-order valence-electron chi connectivity index (χ0n) is 20.1. The molecule has 0 radical (unpaired) electrons. The van der Waals surface area contributed by atoms with Crippen molar-refractivity contribution in [2.45, 2.75) is 91.0 Å². The van der Waals surface area contributed by atoms with E-state index in [-0.39, 0.29) is 11.0 Å². The highest BCUT2D eigenvalue weighted by Gasteiger charge is 2.59. The van der Waals surface area contributed by atoms with Gasteiger partial charge in [0.25, 0.3) is 0 Å². The van der Waals surface area contributed by atoms with Crippen molar-refractivity contribution in [1.29, 1.82) is 0 Å². The molecule has 30 heavy (non-hydrogen) atoms. The number of fused-ring (bicyclic) bond motifs is 2. The van der Waals surface area contributed by atoms with Gasteiger partial charge in [0.05, 0.1) is 5.41 Å². The summed E-state index contributed by atoms with van der Waals surface area (Å²) in [5, 5.41) is 0. The number of hydrogen-bond acceptors (Lipinski definition) is 0. The molecule has 2 heterocycles. The molecule has 2 bridgehead atoms. The second-order valence-electron chi connectivity index (χ2n) is 10.9. The maximum Gasteiger partial charge on any atom is 0.212 e. The van der Waals surface area contributed by atoms with E-state index in [4.69, 9.17) is 0 Å². The lowest BCUT2D eigenvalue weighted by molar-refractivity contribution is -0.553. The van der Waals surface area contributed by atoms with Gasteiger partial charge in [-0.25, -0.2) is 0 Å². The monoisotopic (exact) mass is 402 g/mol. The normalized spacial score (nSPS) is 29.4. The van der Waals surface area contributed by atoms with Crippen molar-refractivity contribution >= 4 is 11.9 Å². The van der Waals surface area contributed by atoms with Crippen LogP contribution in [0.5, 0.6) is 0 Å². The quantitative estimate of drug-likeness (QED) is 0.445. The molecule has 1 nitrogen and oxygen atoms in total. The van der Waals surface area contributed by atoms with Crippen LogP contribution in [0, 0.1) is 11.3 Å². The van der Waals surface area contributed by atoms with Crippen LogP contribution in [0.1, 0.15) is 102 Å². The first-order chi connectivity index (χ1) is 14.2. The first-order valence-electron chi connectivity index (χ1n) is 12.0. The molecule has 1 heteroatoms. The summed E-state index contributed by atoms with van der Waals surface area (Å²) in [5.41, 5.74) is 6.42. The Balaban J connectivity index is 1.94. The number of rotatable bonds is 5. The lowest BCUT2D eigenvalue weighted by atomic mass is 9.53. The van der Waals surface area contributed by atoms with E-state index in [1.54, 1.807) is 0 Å². The first-order valence-corrected chi connectivity index (χ1v) is 12.0. The van der Waals surface area contributed by atoms with E-state index in [0.717, 1.165) is 0 Å². The molecule has 0 unspecified atom stereocenters. The molecule has 0 amide bonds. The Kier molecular flexibility index (Phi) is 5.45. The van der Waals surface area contributed by atoms with Gasteiger partial charge in [0.1, 0.15) is 0 Å². The molecule has 160 valence electrons. The Bertz CT molecular complexity index is 912. The summed E-state index contributed by atoms with van der Waals surface area (Å²) in [6.07, 6.45) is 6.52. The fraction of sp³-hybridized carbons (Fsp3) is 0.552. The number of hydrogen-bond donors (Lipinski definition) is 0. The average molecular weight is 403 g/mol. The lowest BCUT2D eigenvalue weighted by Crippen LogP contribution is -2.58. The lowest BCUT2D eigenvalue weighted by Gasteiger charge is -2.52. The fourth-order valence-corrected chi connectivity index (χ4v) is 6.42. The van der Waals surface area contributed by atoms with Crippen LogP contribution in [0.25, 0.3) is 0 Å². The molecule has 2 aromatic carbocycles. The van der Waals surface area contributed by atoms with Gasteiger partial charge in [-0.15, -0.1) is 0 Å². The molecule has 2 aliphatic heterocycles. The topological polar surface area (TPSA) is 3.01 Å². The smallest absolute Gasteiger partial charge is 0.197 e. The molecule has 2 aromatic rings. The van der Waals surface area contributed by atoms with Gasteiger partial charge in [0.15, 0.2) is 11.8 Å². The Morgan fingerprint density at radius 1 is 0.833 bits per heavy atom. The molecule has 0 saturated heterocycles. The van der Waals surface area contributed by atoms with Gasteiger partial charge in [-0.2, -0.15) is 4.58 Å². The van der Waals surface area contributed by atoms with Crippen LogP contribution in [0.3, 0.4) is 0 Å². The van der Waals surface area contributed by atoms with Crippen LogP contribution in [-0.4, -0.2) is 16.3 Å². The van der Waals surface area contributed by atoms with Crippen LogP contribution in [0.4, 0.5) is 5.69 Å². The second-order valence-corrected chi connectivity index (χ2v) is 10.9. The Morgan fingerprint density at radius 2 is 1.43 bits per heavy atom. The number of nitrogens with zero attached hydrogens (tertiary/aromatic N) is 1. The minimum Gasteiger partial charge on any atom is -0.197 e. The van der Waals surface area contributed by atoms with E-state index in [9.17, 15) is 0 Å². The molecule has 1 aliphatic carbocycles. The van der Waals surface area contributed by atoms with Crippen molar-refractivity contribution in [1.82, 2.24) is 0 Å². The van der Waals surface area contributed by atoms with Crippen LogP contribution in [0.2, 0.25) is 0 Å². The zero-order chi connectivity index (χ0) is 21.7. The Labute approximate surface area is 184 Å². The summed E-state index contributed by atoms with van der Waals surface area (Å²) in [7, 11) is 0. The first kappa shape index (κ1) is 21.3. The van der Waals surface area contributed by atoms with Gasteiger partial charge < -0.3 is 0 Å². The molecule has 4 atom stereocenters. The summed E-state index contributed by atoms with van der Waals surface area (Å²) in [6, 6.07) is 18.2. The Hall–Kier alpha value is -1.89. The highest BCUT2D eigenvalue weighted by Crippen LogP contribution is 2.58. The predicted molar refractivity (Wildman–Crippen MR) is 129 cm³/mol. The molecule has 5 rings (SSSR count). The van der Waals surface area contributed by atoms with Crippen molar-refractivity contribution in [2.75, 3.05) is 0 Å². The molecule has 3 aliphatic rings. The van der Waals surface area contributed by atoms with E-state index < -0.39 is 0 Å². The van der Waals surface area contributed by atoms with Gasteiger partial charge in [-0.3, -0.25) is 0 Å². The maximum atomic E-state index is 2.75. The Morgan fingerprint density at radius 3 is 1.97 bits per heavy atom. The van der Waals surface area contributed by atoms with Crippen molar-refractivity contribution < 1.29 is 4.58 Å². The number of benzene rings is 2. The van der Waals surface area contributed by atoms with Crippen LogP contribution >= 0.6 is 0 Å². The van der Waals surface area contributed by atoms with E-state index >= 15 is 0 Å². The third-order valence-corrected chi connectivity index (χ3v) is 8.40. The van der Waals surface area contributed by atoms with E-state index in [1.807, 2.05) is 0 Å². The molecule has 0 N–H and O–H groups in total. The minimum atomic E-state index is 0.214. The SMILES string of the molecule is CC(C)c1cccc(C(C)C)c1[N+]1=C[C@@]2([C@H](C)c3ccccc3)CC[C@]1(C)C[C@H]2C. The summed E-state index contributed by atoms with van der Waals surface area (Å²) in [6.45, 7) is 16.9. The van der Waals surface area contributed by atoms with Crippen molar-refractivity contribution in [3.8, 4) is 0 Å². The third kappa shape index (κ3) is 3.26. The van der Waals surface area contributed by atoms with E-state index in [0.29, 0.717) is 23.7 Å². The standard InChI is InChI=1S/C29H40N/c1-20(2)25-14-11-15-26(21(3)4)27(25)30-19-29(17-16-28(30,7)18-22(29)5)23(6)24-12-9-8-10-13-24/h8-15,19-23H,16-18H2,1-7H3/q+1/t22-,23-,28-,29+/m1/s1. The average Bonchev–Trinajstić information content (AvgIpc) is 2.73.